The fraction of sp³-hybridized carbons (Fsp3) is 0.500. The first-order valence-corrected chi connectivity index (χ1v) is 4.75. The molecule has 2 aliphatic heterocycles. The van der Waals surface area contributed by atoms with Crippen molar-refractivity contribution < 1.29 is 19.1 Å². The summed E-state index contributed by atoms with van der Waals surface area (Å²) in [6.07, 6.45) is 3.94. The SMILES string of the molecule is CC(=O)COC(=O)[C@H]1C=C[C@H]2CC(=O)N12. The Morgan fingerprint density at radius 3 is 2.87 bits per heavy atom. The summed E-state index contributed by atoms with van der Waals surface area (Å²) < 4.78 is 4.75. The second-order valence-corrected chi connectivity index (χ2v) is 3.71. The van der Waals surface area contributed by atoms with Crippen LogP contribution in [0.4, 0.5) is 0 Å². The molecule has 1 amide bonds. The van der Waals surface area contributed by atoms with Gasteiger partial charge in [-0.3, -0.25) is 9.59 Å². The number of hydrogen-bond donors (Lipinski definition) is 0. The van der Waals surface area contributed by atoms with E-state index in [1.54, 1.807) is 6.08 Å². The van der Waals surface area contributed by atoms with Crippen LogP contribution in [0.3, 0.4) is 0 Å². The maximum absolute atomic E-state index is 11.5. The van der Waals surface area contributed by atoms with Crippen LogP contribution in [0.25, 0.3) is 0 Å². The number of ketones is 1. The second kappa shape index (κ2) is 3.49. The normalized spacial score (nSPS) is 27.3. The van der Waals surface area contributed by atoms with Crippen molar-refractivity contribution in [3.05, 3.63) is 12.2 Å². The number of nitrogens with zero attached hydrogens (tertiary/aromatic N) is 1. The molecule has 2 heterocycles. The second-order valence-electron chi connectivity index (χ2n) is 3.71. The van der Waals surface area contributed by atoms with E-state index in [-0.39, 0.29) is 24.3 Å². The van der Waals surface area contributed by atoms with Crippen molar-refractivity contribution in [2.45, 2.75) is 25.4 Å². The number of ether oxygens (including phenoxy) is 1. The van der Waals surface area contributed by atoms with Gasteiger partial charge >= 0.3 is 5.97 Å². The van der Waals surface area contributed by atoms with Crippen molar-refractivity contribution in [2.75, 3.05) is 6.61 Å². The molecule has 0 unspecified atom stereocenters. The molecule has 0 spiro atoms. The van der Waals surface area contributed by atoms with Gasteiger partial charge in [0.15, 0.2) is 5.78 Å². The van der Waals surface area contributed by atoms with Crippen LogP contribution in [0.5, 0.6) is 0 Å². The van der Waals surface area contributed by atoms with E-state index in [9.17, 15) is 14.4 Å². The Hall–Kier alpha value is -1.65. The summed E-state index contributed by atoms with van der Waals surface area (Å²) in [6.45, 7) is 1.12. The summed E-state index contributed by atoms with van der Waals surface area (Å²) in [5.41, 5.74) is 0. The van der Waals surface area contributed by atoms with Crippen LogP contribution in [0, 0.1) is 0 Å². The van der Waals surface area contributed by atoms with Gasteiger partial charge in [-0.05, 0) is 6.92 Å². The molecule has 1 fully saturated rings. The lowest BCUT2D eigenvalue weighted by Gasteiger charge is -2.37. The van der Waals surface area contributed by atoms with E-state index in [4.69, 9.17) is 4.74 Å². The Labute approximate surface area is 86.7 Å². The van der Waals surface area contributed by atoms with Gasteiger partial charge in [0.1, 0.15) is 12.6 Å². The molecule has 0 aromatic carbocycles. The standard InChI is InChI=1S/C10H11NO4/c1-6(12)5-15-10(14)8-3-2-7-4-9(13)11(7)8/h2-3,7-8H,4-5H2,1H3/t7-,8+/m0/s1. The lowest BCUT2D eigenvalue weighted by molar-refractivity contribution is -0.160. The maximum atomic E-state index is 11.5. The smallest absolute Gasteiger partial charge is 0.333 e. The summed E-state index contributed by atoms with van der Waals surface area (Å²) in [4.78, 5) is 34.7. The van der Waals surface area contributed by atoms with Gasteiger partial charge in [0, 0.05) is 0 Å². The van der Waals surface area contributed by atoms with E-state index in [0.29, 0.717) is 6.42 Å². The summed E-state index contributed by atoms with van der Waals surface area (Å²) in [7, 11) is 0. The number of carbonyl (C=O) groups is 3. The number of fused-ring (bicyclic) bond motifs is 1. The van der Waals surface area contributed by atoms with Crippen LogP contribution in [-0.4, -0.2) is 41.3 Å². The highest BCUT2D eigenvalue weighted by Crippen LogP contribution is 2.29. The van der Waals surface area contributed by atoms with Crippen molar-refractivity contribution in [2.24, 2.45) is 0 Å². The largest absolute Gasteiger partial charge is 0.456 e. The molecule has 5 nitrogen and oxygen atoms in total. The van der Waals surface area contributed by atoms with Gasteiger partial charge < -0.3 is 9.64 Å². The molecule has 0 saturated carbocycles. The van der Waals surface area contributed by atoms with Gasteiger partial charge in [0.25, 0.3) is 0 Å². The topological polar surface area (TPSA) is 63.7 Å². The monoisotopic (exact) mass is 209 g/mol. The first kappa shape index (κ1) is 9.89. The van der Waals surface area contributed by atoms with Crippen molar-refractivity contribution in [3.63, 3.8) is 0 Å². The fourth-order valence-corrected chi connectivity index (χ4v) is 1.75. The Kier molecular flexibility index (Phi) is 2.30. The molecule has 2 rings (SSSR count). The zero-order chi connectivity index (χ0) is 11.0. The lowest BCUT2D eigenvalue weighted by Crippen LogP contribution is -2.55. The highest BCUT2D eigenvalue weighted by molar-refractivity contribution is 5.93. The Bertz CT molecular complexity index is 360. The van der Waals surface area contributed by atoms with Crippen LogP contribution in [0.15, 0.2) is 12.2 Å². The Balaban J connectivity index is 1.94. The highest BCUT2D eigenvalue weighted by atomic mass is 16.5. The number of hydrogen-bond acceptors (Lipinski definition) is 4. The molecule has 15 heavy (non-hydrogen) atoms. The van der Waals surface area contributed by atoms with E-state index in [1.807, 2.05) is 6.08 Å². The van der Waals surface area contributed by atoms with Gasteiger partial charge in [0.2, 0.25) is 5.91 Å². The highest BCUT2D eigenvalue weighted by Gasteiger charge is 2.45. The van der Waals surface area contributed by atoms with Crippen LogP contribution in [-0.2, 0) is 19.1 Å². The van der Waals surface area contributed by atoms with Gasteiger partial charge in [-0.2, -0.15) is 0 Å². The molecule has 2 aliphatic rings. The zero-order valence-corrected chi connectivity index (χ0v) is 8.30. The molecule has 80 valence electrons. The molecule has 0 bridgehead atoms. The predicted molar refractivity (Wildman–Crippen MR) is 49.8 cm³/mol. The van der Waals surface area contributed by atoms with Crippen LogP contribution >= 0.6 is 0 Å². The fourth-order valence-electron chi connectivity index (χ4n) is 1.75. The van der Waals surface area contributed by atoms with Crippen molar-refractivity contribution in [1.82, 2.24) is 4.90 Å². The molecule has 2 atom stereocenters. The van der Waals surface area contributed by atoms with Crippen molar-refractivity contribution >= 4 is 17.7 Å². The third-order valence-corrected chi connectivity index (χ3v) is 2.50. The molecule has 0 aromatic rings. The van der Waals surface area contributed by atoms with Gasteiger partial charge in [0.05, 0.1) is 12.5 Å². The van der Waals surface area contributed by atoms with E-state index in [2.05, 4.69) is 0 Å². The summed E-state index contributed by atoms with van der Waals surface area (Å²) >= 11 is 0. The predicted octanol–water partition coefficient (Wildman–Crippen LogP) is -0.342. The quantitative estimate of drug-likeness (QED) is 0.362. The van der Waals surface area contributed by atoms with Crippen molar-refractivity contribution in [1.29, 1.82) is 0 Å². The van der Waals surface area contributed by atoms with Crippen LogP contribution < -0.4 is 0 Å². The minimum absolute atomic E-state index is 0.0465. The molecule has 0 N–H and O–H groups in total. The number of rotatable bonds is 3. The molecule has 0 radical (unpaired) electrons. The average molecular weight is 209 g/mol. The summed E-state index contributed by atoms with van der Waals surface area (Å²) in [6, 6.07) is -0.581. The first-order valence-electron chi connectivity index (χ1n) is 4.75. The average Bonchev–Trinajstić information content (AvgIpc) is 2.51. The van der Waals surface area contributed by atoms with E-state index in [0.717, 1.165) is 0 Å². The molecular weight excluding hydrogens is 198 g/mol. The van der Waals surface area contributed by atoms with Crippen molar-refractivity contribution in [3.8, 4) is 0 Å². The van der Waals surface area contributed by atoms with E-state index < -0.39 is 12.0 Å². The third-order valence-electron chi connectivity index (χ3n) is 2.50. The minimum Gasteiger partial charge on any atom is -0.456 e. The lowest BCUT2D eigenvalue weighted by atomic mass is 10.0. The molecule has 1 saturated heterocycles. The number of carbonyl (C=O) groups excluding carboxylic acids is 3. The summed E-state index contributed by atoms with van der Waals surface area (Å²) in [5, 5.41) is 0. The Morgan fingerprint density at radius 2 is 2.27 bits per heavy atom. The zero-order valence-electron chi connectivity index (χ0n) is 8.30. The van der Waals surface area contributed by atoms with E-state index >= 15 is 0 Å². The van der Waals surface area contributed by atoms with Crippen LogP contribution in [0.1, 0.15) is 13.3 Å². The van der Waals surface area contributed by atoms with Gasteiger partial charge in [-0.25, -0.2) is 4.79 Å². The number of β-lactam (4-membered cyclic amide) rings is 1. The van der Waals surface area contributed by atoms with Gasteiger partial charge in [-0.1, -0.05) is 12.2 Å². The molecule has 5 heteroatoms. The minimum atomic E-state index is -0.629. The molecular formula is C10H11NO4. The van der Waals surface area contributed by atoms with Crippen LogP contribution in [0.2, 0.25) is 0 Å². The Morgan fingerprint density at radius 1 is 1.53 bits per heavy atom. The van der Waals surface area contributed by atoms with Gasteiger partial charge in [-0.15, -0.1) is 0 Å². The number of Topliss-reactive ketones (excluding diaryl/α,β-unsaturated/α-hetero) is 1. The first-order chi connectivity index (χ1) is 7.09. The maximum Gasteiger partial charge on any atom is 0.333 e. The van der Waals surface area contributed by atoms with E-state index in [1.165, 1.54) is 11.8 Å². The third kappa shape index (κ3) is 1.65. The molecule has 0 aromatic heterocycles. The molecule has 0 aliphatic carbocycles. The number of amides is 1. The summed E-state index contributed by atoms with van der Waals surface area (Å²) in [5.74, 6) is -0.788. The number of esters is 1.